The summed E-state index contributed by atoms with van der Waals surface area (Å²) < 4.78 is 27.9. The lowest BCUT2D eigenvalue weighted by Gasteiger charge is -2.45. The number of sulfonamides is 1. The highest BCUT2D eigenvalue weighted by Crippen LogP contribution is 2.42. The molecule has 132 valence electrons. The lowest BCUT2D eigenvalue weighted by Crippen LogP contribution is -2.62. The van der Waals surface area contributed by atoms with Gasteiger partial charge in [0.1, 0.15) is 10.4 Å². The van der Waals surface area contributed by atoms with Gasteiger partial charge in [-0.3, -0.25) is 4.79 Å². The molecule has 1 aromatic carbocycles. The van der Waals surface area contributed by atoms with Crippen LogP contribution in [0.3, 0.4) is 0 Å². The Bertz CT molecular complexity index is 750. The summed E-state index contributed by atoms with van der Waals surface area (Å²) >= 11 is 6.13. The van der Waals surface area contributed by atoms with Gasteiger partial charge in [0, 0.05) is 19.1 Å². The Morgan fingerprint density at radius 2 is 1.75 bits per heavy atom. The largest absolute Gasteiger partial charge is 0.339 e. The van der Waals surface area contributed by atoms with Gasteiger partial charge < -0.3 is 4.90 Å². The molecule has 1 unspecified atom stereocenters. The molecule has 2 fully saturated rings. The summed E-state index contributed by atoms with van der Waals surface area (Å²) in [6.45, 7) is 5.00. The Kier molecular flexibility index (Phi) is 4.66. The van der Waals surface area contributed by atoms with Crippen molar-refractivity contribution in [3.05, 3.63) is 29.3 Å². The molecule has 1 spiro atoms. The zero-order valence-electron chi connectivity index (χ0n) is 14.0. The summed E-state index contributed by atoms with van der Waals surface area (Å²) in [7, 11) is -3.81. The van der Waals surface area contributed by atoms with E-state index >= 15 is 0 Å². The summed E-state index contributed by atoms with van der Waals surface area (Å²) in [6.07, 6.45) is 2.68. The number of halogens is 1. The van der Waals surface area contributed by atoms with Crippen molar-refractivity contribution in [2.45, 2.75) is 56.0 Å². The van der Waals surface area contributed by atoms with E-state index in [0.29, 0.717) is 32.4 Å². The van der Waals surface area contributed by atoms with Crippen LogP contribution in [0.5, 0.6) is 0 Å². The minimum Gasteiger partial charge on any atom is -0.339 e. The maximum Gasteiger partial charge on any atom is 0.245 e. The number of piperidine rings is 1. The normalized spacial score (nSPS) is 25.8. The first-order valence-electron chi connectivity index (χ1n) is 8.39. The quantitative estimate of drug-likeness (QED) is 0.822. The van der Waals surface area contributed by atoms with Gasteiger partial charge in [0.15, 0.2) is 0 Å². The first-order valence-corrected chi connectivity index (χ1v) is 10.2. The van der Waals surface area contributed by atoms with Crippen LogP contribution in [-0.2, 0) is 14.8 Å². The number of rotatable bonds is 3. The van der Waals surface area contributed by atoms with Gasteiger partial charge in [-0.1, -0.05) is 23.7 Å². The van der Waals surface area contributed by atoms with E-state index in [0.717, 1.165) is 6.42 Å². The van der Waals surface area contributed by atoms with Gasteiger partial charge in [-0.15, -0.1) is 0 Å². The fraction of sp³-hybridized carbons (Fsp3) is 0.588. The molecule has 2 saturated heterocycles. The summed E-state index contributed by atoms with van der Waals surface area (Å²) in [5.41, 5.74) is -0.944. The van der Waals surface area contributed by atoms with E-state index in [9.17, 15) is 13.2 Å². The Morgan fingerprint density at radius 1 is 1.12 bits per heavy atom. The number of amides is 1. The van der Waals surface area contributed by atoms with Gasteiger partial charge in [0.25, 0.3) is 0 Å². The smallest absolute Gasteiger partial charge is 0.245 e. The monoisotopic (exact) mass is 370 g/mol. The minimum atomic E-state index is -3.81. The van der Waals surface area contributed by atoms with Gasteiger partial charge in [0.2, 0.25) is 15.9 Å². The molecule has 0 bridgehead atoms. The molecule has 2 aliphatic rings. The molecule has 24 heavy (non-hydrogen) atoms. The van der Waals surface area contributed by atoms with Gasteiger partial charge >= 0.3 is 0 Å². The zero-order valence-corrected chi connectivity index (χ0v) is 15.6. The van der Waals surface area contributed by atoms with Crippen molar-refractivity contribution < 1.29 is 13.2 Å². The highest BCUT2D eigenvalue weighted by Gasteiger charge is 2.55. The van der Waals surface area contributed by atoms with Gasteiger partial charge in [-0.2, -0.15) is 4.31 Å². The van der Waals surface area contributed by atoms with Crippen molar-refractivity contribution in [2.75, 3.05) is 13.1 Å². The number of hydrogen-bond acceptors (Lipinski definition) is 3. The van der Waals surface area contributed by atoms with Crippen molar-refractivity contribution in [3.63, 3.8) is 0 Å². The SMILES string of the molecule is CC(C)N1CCCC2(CCCN2S(=O)(=O)c2ccccc2Cl)C1=O. The Morgan fingerprint density at radius 3 is 2.38 bits per heavy atom. The first-order chi connectivity index (χ1) is 11.3. The predicted molar refractivity (Wildman–Crippen MR) is 93.4 cm³/mol. The molecule has 5 nitrogen and oxygen atoms in total. The molecular weight excluding hydrogens is 348 g/mol. The van der Waals surface area contributed by atoms with E-state index in [1.807, 2.05) is 18.7 Å². The molecule has 1 atom stereocenters. The van der Waals surface area contributed by atoms with E-state index < -0.39 is 15.6 Å². The first kappa shape index (κ1) is 17.7. The van der Waals surface area contributed by atoms with Crippen LogP contribution in [0.1, 0.15) is 39.5 Å². The molecule has 0 saturated carbocycles. The topological polar surface area (TPSA) is 57.7 Å². The van der Waals surface area contributed by atoms with Crippen LogP contribution < -0.4 is 0 Å². The van der Waals surface area contributed by atoms with Crippen LogP contribution in [0.2, 0.25) is 5.02 Å². The van der Waals surface area contributed by atoms with E-state index in [4.69, 9.17) is 11.6 Å². The Labute approximate surface area is 148 Å². The van der Waals surface area contributed by atoms with Crippen LogP contribution in [0.4, 0.5) is 0 Å². The second-order valence-corrected chi connectivity index (χ2v) is 9.08. The fourth-order valence-corrected chi connectivity index (χ4v) is 6.27. The average Bonchev–Trinajstić information content (AvgIpc) is 2.95. The second kappa shape index (κ2) is 6.32. The molecule has 3 rings (SSSR count). The Balaban J connectivity index is 2.05. The molecule has 7 heteroatoms. The third-order valence-electron chi connectivity index (χ3n) is 5.11. The van der Waals surface area contributed by atoms with Gasteiger partial charge in [-0.05, 0) is 51.7 Å². The third kappa shape index (κ3) is 2.65. The number of likely N-dealkylation sites (tertiary alicyclic amines) is 1. The molecule has 0 aromatic heterocycles. The van der Waals surface area contributed by atoms with Crippen molar-refractivity contribution in [1.29, 1.82) is 0 Å². The van der Waals surface area contributed by atoms with E-state index in [-0.39, 0.29) is 21.9 Å². The van der Waals surface area contributed by atoms with E-state index in [2.05, 4.69) is 0 Å². The van der Waals surface area contributed by atoms with Crippen LogP contribution >= 0.6 is 11.6 Å². The van der Waals surface area contributed by atoms with Crippen LogP contribution in [0.25, 0.3) is 0 Å². The molecular formula is C17H23ClN2O3S. The third-order valence-corrected chi connectivity index (χ3v) is 7.57. The lowest BCUT2D eigenvalue weighted by molar-refractivity contribution is -0.146. The Hall–Kier alpha value is -1.11. The van der Waals surface area contributed by atoms with Crippen molar-refractivity contribution in [1.82, 2.24) is 9.21 Å². The lowest BCUT2D eigenvalue weighted by atomic mass is 9.86. The van der Waals surface area contributed by atoms with E-state index in [1.54, 1.807) is 18.2 Å². The molecule has 0 radical (unpaired) electrons. The zero-order chi connectivity index (χ0) is 17.5. The van der Waals surface area contributed by atoms with E-state index in [1.165, 1.54) is 10.4 Å². The highest BCUT2D eigenvalue weighted by atomic mass is 35.5. The molecule has 1 aromatic rings. The number of carbonyl (C=O) groups is 1. The van der Waals surface area contributed by atoms with Gasteiger partial charge in [-0.25, -0.2) is 8.42 Å². The number of benzene rings is 1. The fourth-order valence-electron chi connectivity index (χ4n) is 3.95. The second-order valence-electron chi connectivity index (χ2n) is 6.84. The van der Waals surface area contributed by atoms with Crippen molar-refractivity contribution >= 4 is 27.5 Å². The standard InChI is InChI=1S/C17H23ClN2O3S/c1-13(2)19-11-5-9-17(16(19)21)10-6-12-20(17)24(22,23)15-8-4-3-7-14(15)18/h3-4,7-8,13H,5-6,9-12H2,1-2H3. The van der Waals surface area contributed by atoms with Crippen LogP contribution in [0.15, 0.2) is 29.2 Å². The molecule has 2 aliphatic heterocycles. The molecule has 0 N–H and O–H groups in total. The average molecular weight is 371 g/mol. The van der Waals surface area contributed by atoms with Crippen molar-refractivity contribution in [2.24, 2.45) is 0 Å². The minimum absolute atomic E-state index is 0.0584. The maximum absolute atomic E-state index is 13.2. The summed E-state index contributed by atoms with van der Waals surface area (Å²) in [5, 5.41) is 0.198. The van der Waals surface area contributed by atoms with Gasteiger partial charge in [0.05, 0.1) is 5.02 Å². The molecule has 1 amide bonds. The maximum atomic E-state index is 13.2. The van der Waals surface area contributed by atoms with Crippen LogP contribution in [0, 0.1) is 0 Å². The van der Waals surface area contributed by atoms with Crippen molar-refractivity contribution in [3.8, 4) is 0 Å². The summed E-state index contributed by atoms with van der Waals surface area (Å²) in [4.78, 5) is 15.0. The number of carbonyl (C=O) groups excluding carboxylic acids is 1. The summed E-state index contributed by atoms with van der Waals surface area (Å²) in [5.74, 6) is -0.0584. The highest BCUT2D eigenvalue weighted by molar-refractivity contribution is 7.89. The summed E-state index contributed by atoms with van der Waals surface area (Å²) in [6, 6.07) is 6.51. The number of nitrogens with zero attached hydrogens (tertiary/aromatic N) is 2. The molecule has 2 heterocycles. The molecule has 0 aliphatic carbocycles. The number of hydrogen-bond donors (Lipinski definition) is 0. The van der Waals surface area contributed by atoms with Crippen LogP contribution in [-0.4, -0.2) is 48.2 Å². The predicted octanol–water partition coefficient (Wildman–Crippen LogP) is 2.89.